The van der Waals surface area contributed by atoms with E-state index in [1.165, 1.54) is 24.4 Å². The van der Waals surface area contributed by atoms with Crippen LogP contribution in [-0.4, -0.2) is 37.9 Å². The van der Waals surface area contributed by atoms with Crippen LogP contribution >= 0.6 is 0 Å². The first-order valence-corrected chi connectivity index (χ1v) is 11.3. The Balaban J connectivity index is 1.74. The van der Waals surface area contributed by atoms with Gasteiger partial charge in [-0.15, -0.1) is 0 Å². The van der Waals surface area contributed by atoms with Crippen LogP contribution in [0, 0.1) is 19.7 Å². The maximum absolute atomic E-state index is 14.0. The average Bonchev–Trinajstić information content (AvgIpc) is 3.00. The van der Waals surface area contributed by atoms with Crippen molar-refractivity contribution in [3.63, 3.8) is 0 Å². The molecule has 0 aliphatic heterocycles. The number of hydrogen-bond donors (Lipinski definition) is 1. The average molecular weight is 443 g/mol. The third kappa shape index (κ3) is 5.18. The maximum Gasteiger partial charge on any atom is 0.260 e. The number of hydrazone groups is 1. The van der Waals surface area contributed by atoms with Crippen molar-refractivity contribution in [2.45, 2.75) is 13.8 Å². The number of benzene rings is 2. The number of nitrogens with one attached hydrogen (secondary N) is 1. The van der Waals surface area contributed by atoms with Gasteiger partial charge in [-0.2, -0.15) is 5.10 Å². The third-order valence-electron chi connectivity index (χ3n) is 4.69. The first-order chi connectivity index (χ1) is 14.7. The predicted octanol–water partition coefficient (Wildman–Crippen LogP) is 3.15. The minimum atomic E-state index is -3.88. The molecule has 0 aliphatic carbocycles. The molecule has 1 heterocycles. The van der Waals surface area contributed by atoms with Crippen LogP contribution in [0.15, 0.2) is 65.8 Å². The second-order valence-electron chi connectivity index (χ2n) is 7.01. The zero-order chi connectivity index (χ0) is 22.6. The van der Waals surface area contributed by atoms with Gasteiger partial charge in [-0.05, 0) is 44.2 Å². The van der Waals surface area contributed by atoms with E-state index in [1.54, 1.807) is 0 Å². The summed E-state index contributed by atoms with van der Waals surface area (Å²) in [5, 5.41) is 3.95. The van der Waals surface area contributed by atoms with Gasteiger partial charge in [0, 0.05) is 22.6 Å². The Morgan fingerprint density at radius 2 is 1.77 bits per heavy atom. The zero-order valence-electron chi connectivity index (χ0n) is 17.4. The van der Waals surface area contributed by atoms with Gasteiger partial charge >= 0.3 is 0 Å². The summed E-state index contributed by atoms with van der Waals surface area (Å²) in [5.74, 6) is -1.43. The highest BCUT2D eigenvalue weighted by molar-refractivity contribution is 7.92. The van der Waals surface area contributed by atoms with Crippen LogP contribution in [0.2, 0.25) is 0 Å². The van der Waals surface area contributed by atoms with E-state index < -0.39 is 28.3 Å². The molecule has 0 atom stereocenters. The van der Waals surface area contributed by atoms with Crippen molar-refractivity contribution in [3.8, 4) is 5.69 Å². The fourth-order valence-electron chi connectivity index (χ4n) is 3.27. The minimum Gasteiger partial charge on any atom is -0.318 e. The normalized spacial score (nSPS) is 11.6. The summed E-state index contributed by atoms with van der Waals surface area (Å²) in [6.45, 7) is 3.31. The fraction of sp³-hybridized carbons (Fsp3) is 0.182. The van der Waals surface area contributed by atoms with Crippen LogP contribution in [0.25, 0.3) is 5.69 Å². The van der Waals surface area contributed by atoms with Gasteiger partial charge in [0.2, 0.25) is 10.0 Å². The first kappa shape index (κ1) is 22.2. The zero-order valence-corrected chi connectivity index (χ0v) is 18.2. The Labute approximate surface area is 180 Å². The van der Waals surface area contributed by atoms with Gasteiger partial charge in [0.05, 0.1) is 18.2 Å². The van der Waals surface area contributed by atoms with Gasteiger partial charge in [0.15, 0.2) is 0 Å². The molecule has 0 radical (unpaired) electrons. The summed E-state index contributed by atoms with van der Waals surface area (Å²) in [5.41, 5.74) is 5.86. The molecule has 0 bridgehead atoms. The lowest BCUT2D eigenvalue weighted by atomic mass is 10.2. The topological polar surface area (TPSA) is 83.8 Å². The molecule has 3 aromatic rings. The van der Waals surface area contributed by atoms with Crippen molar-refractivity contribution in [3.05, 3.63) is 83.4 Å². The first-order valence-electron chi connectivity index (χ1n) is 9.47. The fourth-order valence-corrected chi connectivity index (χ4v) is 4.12. The molecule has 3 rings (SSSR count). The summed E-state index contributed by atoms with van der Waals surface area (Å²) in [4.78, 5) is 12.3. The van der Waals surface area contributed by atoms with Crippen LogP contribution in [0.3, 0.4) is 0 Å². The van der Waals surface area contributed by atoms with E-state index in [-0.39, 0.29) is 5.69 Å². The Bertz CT molecular complexity index is 1220. The van der Waals surface area contributed by atoms with Gasteiger partial charge in [0.1, 0.15) is 12.4 Å². The lowest BCUT2D eigenvalue weighted by molar-refractivity contribution is -0.119. The van der Waals surface area contributed by atoms with E-state index >= 15 is 0 Å². The number of carbonyl (C=O) groups excluding carboxylic acids is 1. The monoisotopic (exact) mass is 442 g/mol. The number of aromatic nitrogens is 1. The summed E-state index contributed by atoms with van der Waals surface area (Å²) in [7, 11) is -3.88. The van der Waals surface area contributed by atoms with Gasteiger partial charge in [-0.25, -0.2) is 18.2 Å². The highest BCUT2D eigenvalue weighted by atomic mass is 32.2. The Morgan fingerprint density at radius 1 is 1.13 bits per heavy atom. The SMILES string of the molecule is Cc1cc(/C=N\NC(=O)CN(c2ccccc2F)S(C)(=O)=O)c(C)n1-c1ccccc1. The quantitative estimate of drug-likeness (QED) is 0.451. The van der Waals surface area contributed by atoms with E-state index in [0.29, 0.717) is 4.31 Å². The second kappa shape index (κ2) is 9.13. The largest absolute Gasteiger partial charge is 0.318 e. The highest BCUT2D eigenvalue weighted by Crippen LogP contribution is 2.21. The molecular formula is C22H23FN4O3S. The summed E-state index contributed by atoms with van der Waals surface area (Å²) < 4.78 is 41.0. The van der Waals surface area contributed by atoms with Gasteiger partial charge in [0.25, 0.3) is 5.91 Å². The van der Waals surface area contributed by atoms with Crippen molar-refractivity contribution < 1.29 is 17.6 Å². The maximum atomic E-state index is 14.0. The van der Waals surface area contributed by atoms with Crippen LogP contribution in [0.1, 0.15) is 17.0 Å². The number of rotatable bonds is 7. The van der Waals surface area contributed by atoms with E-state index in [0.717, 1.165) is 35.0 Å². The molecule has 162 valence electrons. The number of para-hydroxylation sites is 2. The number of sulfonamides is 1. The molecule has 0 unspecified atom stereocenters. The van der Waals surface area contributed by atoms with Crippen LogP contribution < -0.4 is 9.73 Å². The van der Waals surface area contributed by atoms with Crippen molar-refractivity contribution in [1.29, 1.82) is 0 Å². The number of aryl methyl sites for hydroxylation is 1. The van der Waals surface area contributed by atoms with Crippen molar-refractivity contribution in [1.82, 2.24) is 9.99 Å². The van der Waals surface area contributed by atoms with E-state index in [4.69, 9.17) is 0 Å². The molecule has 0 aliphatic rings. The number of nitrogens with zero attached hydrogens (tertiary/aromatic N) is 3. The van der Waals surface area contributed by atoms with E-state index in [2.05, 4.69) is 15.1 Å². The molecule has 0 saturated carbocycles. The Kier molecular flexibility index (Phi) is 6.55. The molecule has 0 spiro atoms. The van der Waals surface area contributed by atoms with Gasteiger partial charge < -0.3 is 4.57 Å². The smallest absolute Gasteiger partial charge is 0.260 e. The Hall–Kier alpha value is -3.46. The van der Waals surface area contributed by atoms with Crippen LogP contribution in [0.5, 0.6) is 0 Å². The lowest BCUT2D eigenvalue weighted by Crippen LogP contribution is -2.39. The number of anilines is 1. The second-order valence-corrected chi connectivity index (χ2v) is 8.92. The highest BCUT2D eigenvalue weighted by Gasteiger charge is 2.23. The van der Waals surface area contributed by atoms with Crippen LogP contribution in [0.4, 0.5) is 10.1 Å². The molecule has 31 heavy (non-hydrogen) atoms. The number of halogens is 1. The number of hydrogen-bond acceptors (Lipinski definition) is 4. The third-order valence-corrected chi connectivity index (χ3v) is 5.81. The minimum absolute atomic E-state index is 0.199. The van der Waals surface area contributed by atoms with Crippen molar-refractivity contribution in [2.24, 2.45) is 5.10 Å². The van der Waals surface area contributed by atoms with Crippen LogP contribution in [-0.2, 0) is 14.8 Å². The molecule has 1 N–H and O–H groups in total. The van der Waals surface area contributed by atoms with E-state index in [9.17, 15) is 17.6 Å². The molecule has 0 saturated heterocycles. The predicted molar refractivity (Wildman–Crippen MR) is 120 cm³/mol. The molecule has 2 aromatic carbocycles. The summed E-state index contributed by atoms with van der Waals surface area (Å²) in [6, 6.07) is 17.1. The van der Waals surface area contributed by atoms with Crippen molar-refractivity contribution in [2.75, 3.05) is 17.1 Å². The molecule has 0 fully saturated rings. The molecule has 7 nitrogen and oxygen atoms in total. The van der Waals surface area contributed by atoms with E-state index in [1.807, 2.05) is 50.2 Å². The Morgan fingerprint density at radius 3 is 2.42 bits per heavy atom. The number of carbonyl (C=O) groups is 1. The summed E-state index contributed by atoms with van der Waals surface area (Å²) >= 11 is 0. The van der Waals surface area contributed by atoms with Crippen molar-refractivity contribution >= 4 is 27.8 Å². The number of amides is 1. The standard InChI is InChI=1S/C22H23FN4O3S/c1-16-13-18(17(2)27(16)19-9-5-4-6-10-19)14-24-25-22(28)15-26(31(3,29)30)21-12-8-7-11-20(21)23/h4-14H,15H2,1-3H3,(H,25,28)/b24-14-. The lowest BCUT2D eigenvalue weighted by Gasteiger charge is -2.21. The molecule has 1 aromatic heterocycles. The molecule has 1 amide bonds. The van der Waals surface area contributed by atoms with Gasteiger partial charge in [-0.1, -0.05) is 30.3 Å². The molecular weight excluding hydrogens is 419 g/mol. The summed E-state index contributed by atoms with van der Waals surface area (Å²) in [6.07, 6.45) is 2.40. The van der Waals surface area contributed by atoms with Gasteiger partial charge in [-0.3, -0.25) is 9.10 Å². The molecule has 9 heteroatoms.